The molecule has 0 saturated carbocycles. The minimum absolute atomic E-state index is 0.381. The van der Waals surface area contributed by atoms with E-state index in [9.17, 15) is 4.79 Å². The lowest BCUT2D eigenvalue weighted by Gasteiger charge is -2.15. The van der Waals surface area contributed by atoms with Crippen molar-refractivity contribution in [3.8, 4) is 11.5 Å². The van der Waals surface area contributed by atoms with Gasteiger partial charge in [0, 0.05) is 23.2 Å². The number of imidazole rings is 1. The van der Waals surface area contributed by atoms with Gasteiger partial charge < -0.3 is 16.4 Å². The van der Waals surface area contributed by atoms with Gasteiger partial charge in [-0.3, -0.25) is 9.20 Å². The molecule has 1 amide bonds. The molecule has 0 aromatic carbocycles. The van der Waals surface area contributed by atoms with Gasteiger partial charge in [-0.1, -0.05) is 6.07 Å². The van der Waals surface area contributed by atoms with Crippen LogP contribution in [-0.2, 0) is 19.5 Å². The van der Waals surface area contributed by atoms with Gasteiger partial charge >= 0.3 is 0 Å². The number of anilines is 1. The molecule has 0 saturated heterocycles. The second kappa shape index (κ2) is 8.09. The third-order valence-electron chi connectivity index (χ3n) is 5.47. The van der Waals surface area contributed by atoms with E-state index >= 15 is 0 Å². The Labute approximate surface area is 183 Å². The van der Waals surface area contributed by atoms with Crippen LogP contribution in [0.25, 0.3) is 17.2 Å². The standard InChI is InChI=1S/C22H23N7OS/c1-13-18(29-9-3-6-15(19(23)30)22(29)26-13)21-27-17-7-2-8-24-12-16(17)20(28-21)25-11-14-5-4-10-31-14/h3-6,9-10,24H,2,7-8,11-12H2,1H3,(H2,23,30)(H,25,27,28). The number of carbonyl (C=O) groups excluding carboxylic acids is 1. The van der Waals surface area contributed by atoms with E-state index in [2.05, 4.69) is 27.1 Å². The van der Waals surface area contributed by atoms with Gasteiger partial charge in [0.15, 0.2) is 5.82 Å². The fourth-order valence-electron chi connectivity index (χ4n) is 4.00. The molecule has 1 aliphatic heterocycles. The Bertz CT molecular complexity index is 1260. The number of hydrogen-bond donors (Lipinski definition) is 3. The first-order chi connectivity index (χ1) is 15.1. The van der Waals surface area contributed by atoms with Gasteiger partial charge in [-0.2, -0.15) is 0 Å². The topological polar surface area (TPSA) is 110 Å². The maximum Gasteiger partial charge on any atom is 0.252 e. The maximum atomic E-state index is 11.9. The molecule has 4 aromatic heterocycles. The lowest BCUT2D eigenvalue weighted by Crippen LogP contribution is -2.15. The minimum atomic E-state index is -0.505. The van der Waals surface area contributed by atoms with Crippen LogP contribution in [0.2, 0.25) is 0 Å². The number of aryl methyl sites for hydroxylation is 2. The summed E-state index contributed by atoms with van der Waals surface area (Å²) in [6, 6.07) is 7.64. The maximum absolute atomic E-state index is 11.9. The Balaban J connectivity index is 1.65. The smallest absolute Gasteiger partial charge is 0.252 e. The molecule has 8 nitrogen and oxygen atoms in total. The van der Waals surface area contributed by atoms with Gasteiger partial charge in [0.25, 0.3) is 5.91 Å². The number of aromatic nitrogens is 4. The molecule has 0 radical (unpaired) electrons. The summed E-state index contributed by atoms with van der Waals surface area (Å²) in [6.07, 6.45) is 3.77. The number of hydrogen-bond acceptors (Lipinski definition) is 7. The molecule has 31 heavy (non-hydrogen) atoms. The highest BCUT2D eigenvalue weighted by Gasteiger charge is 2.22. The van der Waals surface area contributed by atoms with E-state index in [0.29, 0.717) is 23.6 Å². The van der Waals surface area contributed by atoms with Crippen LogP contribution in [0.1, 0.15) is 38.6 Å². The first kappa shape index (κ1) is 19.7. The summed E-state index contributed by atoms with van der Waals surface area (Å²) in [6.45, 7) is 4.30. The summed E-state index contributed by atoms with van der Waals surface area (Å²) in [5.74, 6) is 0.929. The van der Waals surface area contributed by atoms with Crippen LogP contribution in [0.4, 0.5) is 5.82 Å². The number of thiophene rings is 1. The fourth-order valence-corrected chi connectivity index (χ4v) is 4.64. The van der Waals surface area contributed by atoms with Gasteiger partial charge in [-0.15, -0.1) is 11.3 Å². The minimum Gasteiger partial charge on any atom is -0.365 e. The molecule has 0 aliphatic carbocycles. The highest BCUT2D eigenvalue weighted by Crippen LogP contribution is 2.29. The van der Waals surface area contributed by atoms with Crippen molar-refractivity contribution >= 4 is 28.7 Å². The molecule has 9 heteroatoms. The zero-order valence-electron chi connectivity index (χ0n) is 17.2. The number of nitrogens with two attached hydrogens (primary N) is 1. The fraction of sp³-hybridized carbons (Fsp3) is 0.273. The van der Waals surface area contributed by atoms with E-state index in [4.69, 9.17) is 15.7 Å². The number of fused-ring (bicyclic) bond motifs is 2. The summed E-state index contributed by atoms with van der Waals surface area (Å²) < 4.78 is 1.86. The average Bonchev–Trinajstić information content (AvgIpc) is 3.32. The lowest BCUT2D eigenvalue weighted by atomic mass is 10.1. The molecule has 0 bridgehead atoms. The molecule has 4 N–H and O–H groups in total. The molecule has 1 aliphatic rings. The number of rotatable bonds is 5. The molecule has 0 spiro atoms. The highest BCUT2D eigenvalue weighted by molar-refractivity contribution is 7.09. The summed E-state index contributed by atoms with van der Waals surface area (Å²) in [5, 5.41) is 9.06. The van der Waals surface area contributed by atoms with Gasteiger partial charge in [0.2, 0.25) is 0 Å². The number of pyridine rings is 1. The highest BCUT2D eigenvalue weighted by atomic mass is 32.1. The molecule has 5 heterocycles. The van der Waals surface area contributed by atoms with Crippen LogP contribution in [0.3, 0.4) is 0 Å². The Morgan fingerprint density at radius 2 is 2.19 bits per heavy atom. The van der Waals surface area contributed by atoms with Crippen LogP contribution < -0.4 is 16.4 Å². The first-order valence-electron chi connectivity index (χ1n) is 10.3. The second-order valence-corrected chi connectivity index (χ2v) is 8.59. The molecule has 5 rings (SSSR count). The van der Waals surface area contributed by atoms with E-state index in [-0.39, 0.29) is 0 Å². The Hall–Kier alpha value is -3.30. The van der Waals surface area contributed by atoms with Crippen molar-refractivity contribution in [3.05, 3.63) is 63.2 Å². The number of nitrogens with one attached hydrogen (secondary N) is 2. The van der Waals surface area contributed by atoms with E-state index in [0.717, 1.165) is 54.4 Å². The zero-order chi connectivity index (χ0) is 21.4. The van der Waals surface area contributed by atoms with Crippen LogP contribution in [-0.4, -0.2) is 31.8 Å². The predicted molar refractivity (Wildman–Crippen MR) is 121 cm³/mol. The van der Waals surface area contributed by atoms with Crippen LogP contribution >= 0.6 is 11.3 Å². The lowest BCUT2D eigenvalue weighted by molar-refractivity contribution is 0.100. The van der Waals surface area contributed by atoms with Crippen molar-refractivity contribution in [2.75, 3.05) is 11.9 Å². The van der Waals surface area contributed by atoms with Crippen LogP contribution in [0.15, 0.2) is 35.8 Å². The number of primary amides is 1. The Kier molecular flexibility index (Phi) is 5.13. The summed E-state index contributed by atoms with van der Waals surface area (Å²) >= 11 is 1.71. The zero-order valence-corrected chi connectivity index (χ0v) is 18.0. The summed E-state index contributed by atoms with van der Waals surface area (Å²) in [4.78, 5) is 27.6. The Morgan fingerprint density at radius 3 is 3.00 bits per heavy atom. The van der Waals surface area contributed by atoms with Gasteiger partial charge in [-0.05, 0) is 49.9 Å². The third kappa shape index (κ3) is 3.66. The second-order valence-electron chi connectivity index (χ2n) is 7.56. The largest absolute Gasteiger partial charge is 0.365 e. The van der Waals surface area contributed by atoms with E-state index in [1.54, 1.807) is 23.5 Å². The van der Waals surface area contributed by atoms with Gasteiger partial charge in [0.1, 0.15) is 17.2 Å². The normalized spacial score (nSPS) is 13.7. The predicted octanol–water partition coefficient (Wildman–Crippen LogP) is 2.91. The number of amides is 1. The SMILES string of the molecule is Cc1nc2c(C(N)=O)cccn2c1-c1nc2c(c(NCc3cccs3)n1)CNCCC2. The van der Waals surface area contributed by atoms with Crippen molar-refractivity contribution in [1.29, 1.82) is 0 Å². The quantitative estimate of drug-likeness (QED) is 0.446. The first-order valence-corrected chi connectivity index (χ1v) is 11.1. The van der Waals surface area contributed by atoms with Crippen LogP contribution in [0.5, 0.6) is 0 Å². The Morgan fingerprint density at radius 1 is 1.29 bits per heavy atom. The monoisotopic (exact) mass is 433 g/mol. The van der Waals surface area contributed by atoms with Crippen molar-refractivity contribution in [1.82, 2.24) is 24.7 Å². The molecular formula is C22H23N7OS. The summed E-state index contributed by atoms with van der Waals surface area (Å²) in [5.41, 5.74) is 10.2. The van der Waals surface area contributed by atoms with Crippen molar-refractivity contribution in [3.63, 3.8) is 0 Å². The molecule has 158 valence electrons. The third-order valence-corrected chi connectivity index (χ3v) is 6.35. The van der Waals surface area contributed by atoms with E-state index in [1.165, 1.54) is 4.88 Å². The number of carbonyl (C=O) groups is 1. The molecule has 4 aromatic rings. The van der Waals surface area contributed by atoms with Gasteiger partial charge in [0.05, 0.1) is 23.5 Å². The summed E-state index contributed by atoms with van der Waals surface area (Å²) in [7, 11) is 0. The van der Waals surface area contributed by atoms with Crippen molar-refractivity contribution < 1.29 is 4.79 Å². The molecular weight excluding hydrogens is 410 g/mol. The van der Waals surface area contributed by atoms with E-state index in [1.807, 2.05) is 23.6 Å². The molecule has 0 fully saturated rings. The van der Waals surface area contributed by atoms with Gasteiger partial charge in [-0.25, -0.2) is 15.0 Å². The van der Waals surface area contributed by atoms with E-state index < -0.39 is 5.91 Å². The average molecular weight is 434 g/mol. The number of nitrogens with zero attached hydrogens (tertiary/aromatic N) is 4. The molecule has 0 unspecified atom stereocenters. The van der Waals surface area contributed by atoms with Crippen molar-refractivity contribution in [2.45, 2.75) is 32.9 Å². The van der Waals surface area contributed by atoms with Crippen LogP contribution in [0, 0.1) is 6.92 Å². The van der Waals surface area contributed by atoms with Crippen molar-refractivity contribution in [2.24, 2.45) is 5.73 Å². The molecule has 0 atom stereocenters.